The van der Waals surface area contributed by atoms with Gasteiger partial charge in [-0.1, -0.05) is 6.07 Å². The molecule has 0 amide bonds. The van der Waals surface area contributed by atoms with Gasteiger partial charge in [-0.05, 0) is 12.1 Å². The van der Waals surface area contributed by atoms with Crippen molar-refractivity contribution in [3.05, 3.63) is 24.3 Å². The first-order valence-corrected chi connectivity index (χ1v) is 9.42. The molecule has 1 aliphatic heterocycles. The first kappa shape index (κ1) is 17.5. The second-order valence-electron chi connectivity index (χ2n) is 4.83. The van der Waals surface area contributed by atoms with Crippen LogP contribution in [0.2, 0.25) is 0 Å². The van der Waals surface area contributed by atoms with E-state index in [1.54, 1.807) is 12.1 Å². The van der Waals surface area contributed by atoms with E-state index in [1.165, 1.54) is 12.1 Å². The van der Waals surface area contributed by atoms with Gasteiger partial charge in [-0.25, -0.2) is 8.42 Å². The summed E-state index contributed by atoms with van der Waals surface area (Å²) in [7, 11) is 1.55. The molecule has 1 saturated heterocycles. The number of morpholine rings is 1. The van der Waals surface area contributed by atoms with Gasteiger partial charge in [0, 0.05) is 36.4 Å². The lowest BCUT2D eigenvalue weighted by Gasteiger charge is -2.26. The van der Waals surface area contributed by atoms with Crippen molar-refractivity contribution in [1.82, 2.24) is 4.90 Å². The fraction of sp³-hybridized carbons (Fsp3) is 0.571. The van der Waals surface area contributed by atoms with Gasteiger partial charge < -0.3 is 14.2 Å². The fourth-order valence-electron chi connectivity index (χ4n) is 2.05. The van der Waals surface area contributed by atoms with Crippen LogP contribution in [0.15, 0.2) is 29.2 Å². The van der Waals surface area contributed by atoms with Crippen LogP contribution in [0.4, 0.5) is 0 Å². The fourth-order valence-corrected chi connectivity index (χ4v) is 2.84. The van der Waals surface area contributed by atoms with Crippen molar-refractivity contribution in [2.45, 2.75) is 4.90 Å². The van der Waals surface area contributed by atoms with Gasteiger partial charge in [-0.15, -0.1) is 0 Å². The lowest BCUT2D eigenvalue weighted by Crippen LogP contribution is -2.38. The molecule has 0 aliphatic carbocycles. The van der Waals surface area contributed by atoms with Crippen molar-refractivity contribution in [3.63, 3.8) is 0 Å². The van der Waals surface area contributed by atoms with Crippen molar-refractivity contribution in [3.8, 4) is 5.75 Å². The molecule has 0 N–H and O–H groups in total. The quantitative estimate of drug-likeness (QED) is 0.521. The zero-order valence-electron chi connectivity index (χ0n) is 12.2. The molecule has 6 nitrogen and oxygen atoms in total. The summed E-state index contributed by atoms with van der Waals surface area (Å²) in [5.74, 6) is 0.457. The first-order chi connectivity index (χ1) is 10.6. The van der Waals surface area contributed by atoms with Crippen LogP contribution in [0, 0.1) is 0 Å². The molecule has 0 unspecified atom stereocenters. The summed E-state index contributed by atoms with van der Waals surface area (Å²) < 4.78 is 38.7. The predicted octanol–water partition coefficient (Wildman–Crippen LogP) is 1.34. The van der Waals surface area contributed by atoms with E-state index in [-0.39, 0.29) is 4.90 Å². The highest BCUT2D eigenvalue weighted by Gasteiger charge is 2.11. The number of rotatable bonds is 8. The summed E-state index contributed by atoms with van der Waals surface area (Å²) in [6.45, 7) is 5.77. The number of ether oxygens (including phenoxy) is 3. The largest absolute Gasteiger partial charge is 0.491 e. The maximum atomic E-state index is 11.2. The van der Waals surface area contributed by atoms with Gasteiger partial charge in [-0.2, -0.15) is 0 Å². The van der Waals surface area contributed by atoms with Gasteiger partial charge in [0.05, 0.1) is 31.3 Å². The van der Waals surface area contributed by atoms with Crippen LogP contribution in [0.3, 0.4) is 0 Å². The number of hydrogen-bond donors (Lipinski definition) is 0. The molecule has 0 aromatic heterocycles. The van der Waals surface area contributed by atoms with Gasteiger partial charge in [0.2, 0.25) is 0 Å². The number of benzene rings is 1. The minimum atomic E-state index is -3.73. The van der Waals surface area contributed by atoms with Crippen molar-refractivity contribution in [1.29, 1.82) is 0 Å². The Kier molecular flexibility index (Phi) is 6.91. The van der Waals surface area contributed by atoms with Crippen LogP contribution in [0.5, 0.6) is 5.75 Å². The standard InChI is InChI=1S/C14H20ClNO5S/c15-22(17,18)14-3-1-2-13(12-14)21-11-10-20-9-6-16-4-7-19-8-5-16/h1-3,12H,4-11H2. The third-order valence-corrected chi connectivity index (χ3v) is 4.59. The molecular formula is C14H20ClNO5S. The van der Waals surface area contributed by atoms with Crippen LogP contribution in [0.25, 0.3) is 0 Å². The molecule has 1 fully saturated rings. The Morgan fingerprint density at radius 3 is 2.68 bits per heavy atom. The van der Waals surface area contributed by atoms with Crippen LogP contribution in [-0.2, 0) is 18.5 Å². The molecule has 0 bridgehead atoms. The minimum Gasteiger partial charge on any atom is -0.491 e. The summed E-state index contributed by atoms with van der Waals surface area (Å²) in [5, 5.41) is 0. The molecule has 1 heterocycles. The molecule has 124 valence electrons. The topological polar surface area (TPSA) is 65.1 Å². The smallest absolute Gasteiger partial charge is 0.261 e. The molecule has 1 aromatic carbocycles. The van der Waals surface area contributed by atoms with E-state index in [2.05, 4.69) is 4.90 Å². The van der Waals surface area contributed by atoms with Crippen LogP contribution in [-0.4, -0.2) is 66.0 Å². The lowest BCUT2D eigenvalue weighted by atomic mass is 10.3. The van der Waals surface area contributed by atoms with Gasteiger partial charge in [0.1, 0.15) is 12.4 Å². The Morgan fingerprint density at radius 1 is 1.18 bits per heavy atom. The number of hydrogen-bond acceptors (Lipinski definition) is 6. The van der Waals surface area contributed by atoms with E-state index in [0.29, 0.717) is 25.6 Å². The van der Waals surface area contributed by atoms with Crippen molar-refractivity contribution in [2.24, 2.45) is 0 Å². The van der Waals surface area contributed by atoms with Gasteiger partial charge >= 0.3 is 0 Å². The molecule has 22 heavy (non-hydrogen) atoms. The van der Waals surface area contributed by atoms with Gasteiger partial charge in [0.15, 0.2) is 0 Å². The second-order valence-corrected chi connectivity index (χ2v) is 7.39. The summed E-state index contributed by atoms with van der Waals surface area (Å²) in [5.41, 5.74) is 0. The van der Waals surface area contributed by atoms with Crippen LogP contribution in [0.1, 0.15) is 0 Å². The third-order valence-electron chi connectivity index (χ3n) is 3.24. The van der Waals surface area contributed by atoms with E-state index in [0.717, 1.165) is 32.8 Å². The molecule has 8 heteroatoms. The first-order valence-electron chi connectivity index (χ1n) is 7.11. The summed E-state index contributed by atoms with van der Waals surface area (Å²) in [6.07, 6.45) is 0. The molecule has 2 rings (SSSR count). The highest BCUT2D eigenvalue weighted by atomic mass is 35.7. The zero-order chi connectivity index (χ0) is 15.8. The molecule has 1 aromatic rings. The minimum absolute atomic E-state index is 0.0277. The van der Waals surface area contributed by atoms with Crippen LogP contribution >= 0.6 is 10.7 Å². The van der Waals surface area contributed by atoms with Gasteiger partial charge in [-0.3, -0.25) is 4.90 Å². The Morgan fingerprint density at radius 2 is 1.95 bits per heavy atom. The molecule has 0 radical (unpaired) electrons. The van der Waals surface area contributed by atoms with Crippen LogP contribution < -0.4 is 4.74 Å². The molecule has 1 aliphatic rings. The Hall–Kier alpha value is -0.860. The zero-order valence-corrected chi connectivity index (χ0v) is 13.8. The molecular weight excluding hydrogens is 330 g/mol. The Labute approximate surface area is 135 Å². The maximum Gasteiger partial charge on any atom is 0.261 e. The van der Waals surface area contributed by atoms with Crippen molar-refractivity contribution >= 4 is 19.7 Å². The Balaban J connectivity index is 1.62. The van der Waals surface area contributed by atoms with Crippen molar-refractivity contribution < 1.29 is 22.6 Å². The van der Waals surface area contributed by atoms with E-state index >= 15 is 0 Å². The van der Waals surface area contributed by atoms with E-state index < -0.39 is 9.05 Å². The van der Waals surface area contributed by atoms with Crippen molar-refractivity contribution in [2.75, 3.05) is 52.7 Å². The SMILES string of the molecule is O=S(=O)(Cl)c1cccc(OCCOCCN2CCOCC2)c1. The van der Waals surface area contributed by atoms with E-state index in [4.69, 9.17) is 24.9 Å². The summed E-state index contributed by atoms with van der Waals surface area (Å²) in [4.78, 5) is 2.32. The lowest BCUT2D eigenvalue weighted by molar-refractivity contribution is 0.0170. The predicted molar refractivity (Wildman–Crippen MR) is 83.1 cm³/mol. The monoisotopic (exact) mass is 349 g/mol. The normalized spacial score (nSPS) is 16.6. The summed E-state index contributed by atoms with van der Waals surface area (Å²) >= 11 is 0. The van der Waals surface area contributed by atoms with E-state index in [1.807, 2.05) is 0 Å². The maximum absolute atomic E-state index is 11.2. The van der Waals surface area contributed by atoms with E-state index in [9.17, 15) is 8.42 Å². The van der Waals surface area contributed by atoms with Gasteiger partial charge in [0.25, 0.3) is 9.05 Å². The average molecular weight is 350 g/mol. The average Bonchev–Trinajstić information content (AvgIpc) is 2.51. The summed E-state index contributed by atoms with van der Waals surface area (Å²) in [6, 6.07) is 6.09. The molecule has 0 spiro atoms. The highest BCUT2D eigenvalue weighted by Crippen LogP contribution is 2.20. The third kappa shape index (κ3) is 6.10. The Bertz CT molecular complexity index is 560. The molecule has 0 saturated carbocycles. The number of nitrogens with zero attached hydrogens (tertiary/aromatic N) is 1. The second kappa shape index (κ2) is 8.69. The number of halogens is 1. The highest BCUT2D eigenvalue weighted by molar-refractivity contribution is 8.13. The molecule has 0 atom stereocenters.